The Labute approximate surface area is 202 Å². The van der Waals surface area contributed by atoms with Gasteiger partial charge in [0.1, 0.15) is 0 Å². The number of nitrogens with zero attached hydrogens (tertiary/aromatic N) is 2. The smallest absolute Gasteiger partial charge is 0.317 e. The molecule has 9 heteroatoms. The van der Waals surface area contributed by atoms with Crippen molar-refractivity contribution in [3.05, 3.63) is 53.6 Å². The van der Waals surface area contributed by atoms with E-state index in [-0.39, 0.29) is 36.0 Å². The van der Waals surface area contributed by atoms with E-state index in [4.69, 9.17) is 9.47 Å². The molecule has 2 aromatic carbocycles. The zero-order chi connectivity index (χ0) is 24.9. The van der Waals surface area contributed by atoms with E-state index in [9.17, 15) is 13.2 Å². The molecule has 186 valence electrons. The van der Waals surface area contributed by atoms with Gasteiger partial charge in [0, 0.05) is 32.2 Å². The number of sulfonamides is 1. The molecule has 1 unspecified atom stereocenters. The maximum atomic E-state index is 13.1. The van der Waals surface area contributed by atoms with Gasteiger partial charge < -0.3 is 19.7 Å². The van der Waals surface area contributed by atoms with Crippen molar-refractivity contribution in [2.75, 3.05) is 40.4 Å². The van der Waals surface area contributed by atoms with Crippen LogP contribution in [0.25, 0.3) is 0 Å². The van der Waals surface area contributed by atoms with Gasteiger partial charge in [-0.05, 0) is 35.6 Å². The van der Waals surface area contributed by atoms with Crippen LogP contribution in [0.15, 0.2) is 47.4 Å². The molecular weight excluding hydrogens is 454 g/mol. The van der Waals surface area contributed by atoms with Gasteiger partial charge in [-0.1, -0.05) is 45.0 Å². The number of carbonyl (C=O) groups excluding carboxylic acids is 1. The first kappa shape index (κ1) is 25.8. The molecule has 2 aromatic rings. The van der Waals surface area contributed by atoms with Crippen molar-refractivity contribution in [1.82, 2.24) is 14.5 Å². The normalized spacial score (nSPS) is 15.8. The third-order valence-corrected chi connectivity index (χ3v) is 8.11. The molecule has 1 heterocycles. The molecule has 0 aliphatic carbocycles. The lowest BCUT2D eigenvalue weighted by molar-refractivity contribution is 0.166. The molecule has 0 saturated carbocycles. The van der Waals surface area contributed by atoms with Gasteiger partial charge in [-0.2, -0.15) is 4.31 Å². The number of hydrogen-bond acceptors (Lipinski definition) is 5. The molecule has 0 spiro atoms. The number of urea groups is 1. The largest absolute Gasteiger partial charge is 0.493 e. The number of amides is 2. The molecule has 34 heavy (non-hydrogen) atoms. The molecule has 3 rings (SSSR count). The van der Waals surface area contributed by atoms with Crippen LogP contribution in [0.3, 0.4) is 0 Å². The van der Waals surface area contributed by atoms with Crippen molar-refractivity contribution in [1.29, 1.82) is 0 Å². The van der Waals surface area contributed by atoms with Crippen molar-refractivity contribution in [3.63, 3.8) is 0 Å². The van der Waals surface area contributed by atoms with Crippen LogP contribution in [0.5, 0.6) is 11.5 Å². The standard InChI is InChI=1S/C25H35N3O5S/c1-6-19-7-9-20(10-8-19)24(18(2)3)26-25(29)27-13-15-28(16-14-27)34(30,31)21-11-12-22(32-4)23(17-21)33-5/h7-12,17-18,24H,6,13-16H2,1-5H3,(H,26,29). The van der Waals surface area contributed by atoms with Crippen LogP contribution < -0.4 is 14.8 Å². The number of hydrogen-bond donors (Lipinski definition) is 1. The van der Waals surface area contributed by atoms with Crippen LogP contribution in [0.4, 0.5) is 4.79 Å². The first-order valence-corrected chi connectivity index (χ1v) is 13.0. The number of ether oxygens (including phenoxy) is 2. The predicted octanol–water partition coefficient (Wildman–Crippen LogP) is 3.68. The molecule has 1 aliphatic heterocycles. The van der Waals surface area contributed by atoms with Crippen LogP contribution in [-0.4, -0.2) is 64.1 Å². The number of rotatable bonds is 8. The Hall–Kier alpha value is -2.78. The van der Waals surface area contributed by atoms with E-state index in [2.05, 4.69) is 50.4 Å². The molecule has 8 nitrogen and oxygen atoms in total. The van der Waals surface area contributed by atoms with Gasteiger partial charge in [0.15, 0.2) is 11.5 Å². The predicted molar refractivity (Wildman–Crippen MR) is 132 cm³/mol. The summed E-state index contributed by atoms with van der Waals surface area (Å²) in [5.41, 5.74) is 2.32. The zero-order valence-corrected chi connectivity index (χ0v) is 21.4. The molecule has 1 N–H and O–H groups in total. The van der Waals surface area contributed by atoms with Crippen LogP contribution >= 0.6 is 0 Å². The van der Waals surface area contributed by atoms with E-state index in [0.717, 1.165) is 12.0 Å². The maximum Gasteiger partial charge on any atom is 0.317 e. The maximum absolute atomic E-state index is 13.1. The minimum Gasteiger partial charge on any atom is -0.493 e. The molecular formula is C25H35N3O5S. The number of aryl methyl sites for hydroxylation is 1. The molecule has 0 radical (unpaired) electrons. The monoisotopic (exact) mass is 489 g/mol. The van der Waals surface area contributed by atoms with Crippen molar-refractivity contribution < 1.29 is 22.7 Å². The summed E-state index contributed by atoms with van der Waals surface area (Å²) < 4.78 is 38.1. The number of piperazine rings is 1. The SMILES string of the molecule is CCc1ccc(C(NC(=O)N2CCN(S(=O)(=O)c3ccc(OC)c(OC)c3)CC2)C(C)C)cc1. The number of benzene rings is 2. The van der Waals surface area contributed by atoms with E-state index < -0.39 is 10.0 Å². The van der Waals surface area contributed by atoms with Gasteiger partial charge in [0.05, 0.1) is 25.2 Å². The first-order valence-electron chi connectivity index (χ1n) is 11.6. The molecule has 1 aliphatic rings. The molecule has 1 atom stereocenters. The van der Waals surface area contributed by atoms with Gasteiger partial charge in [-0.25, -0.2) is 13.2 Å². The average molecular weight is 490 g/mol. The summed E-state index contributed by atoms with van der Waals surface area (Å²) in [5, 5.41) is 3.14. The third-order valence-electron chi connectivity index (χ3n) is 6.21. The lowest BCUT2D eigenvalue weighted by Gasteiger charge is -2.35. The summed E-state index contributed by atoms with van der Waals surface area (Å²) in [7, 11) is -0.749. The summed E-state index contributed by atoms with van der Waals surface area (Å²) in [4.78, 5) is 14.8. The fraction of sp³-hybridized carbons (Fsp3) is 0.480. The van der Waals surface area contributed by atoms with Crippen molar-refractivity contribution in [2.45, 2.75) is 38.1 Å². The van der Waals surface area contributed by atoms with Gasteiger partial charge in [-0.15, -0.1) is 0 Å². The molecule has 1 saturated heterocycles. The van der Waals surface area contributed by atoms with E-state index in [1.807, 2.05) is 0 Å². The van der Waals surface area contributed by atoms with E-state index >= 15 is 0 Å². The Balaban J connectivity index is 1.65. The average Bonchev–Trinajstić information content (AvgIpc) is 2.86. The van der Waals surface area contributed by atoms with E-state index in [0.29, 0.717) is 24.6 Å². The van der Waals surface area contributed by atoms with Crippen LogP contribution in [0, 0.1) is 5.92 Å². The summed E-state index contributed by atoms with van der Waals surface area (Å²) in [6.45, 7) is 7.35. The molecule has 0 bridgehead atoms. The third kappa shape index (κ3) is 5.64. The lowest BCUT2D eigenvalue weighted by atomic mass is 9.95. The minimum atomic E-state index is -3.72. The summed E-state index contributed by atoms with van der Waals surface area (Å²) in [6, 6.07) is 12.6. The highest BCUT2D eigenvalue weighted by molar-refractivity contribution is 7.89. The summed E-state index contributed by atoms with van der Waals surface area (Å²) in [6.07, 6.45) is 0.968. The second-order valence-electron chi connectivity index (χ2n) is 8.67. The number of nitrogens with one attached hydrogen (secondary N) is 1. The Morgan fingerprint density at radius 3 is 2.12 bits per heavy atom. The van der Waals surface area contributed by atoms with E-state index in [1.54, 1.807) is 11.0 Å². The van der Waals surface area contributed by atoms with Gasteiger partial charge in [0.2, 0.25) is 10.0 Å². The minimum absolute atomic E-state index is 0.119. The molecule has 2 amide bonds. The van der Waals surface area contributed by atoms with Crippen molar-refractivity contribution >= 4 is 16.1 Å². The van der Waals surface area contributed by atoms with Crippen molar-refractivity contribution in [3.8, 4) is 11.5 Å². The highest BCUT2D eigenvalue weighted by Gasteiger charge is 2.31. The zero-order valence-electron chi connectivity index (χ0n) is 20.6. The first-order chi connectivity index (χ1) is 16.2. The Kier molecular flexibility index (Phi) is 8.43. The topological polar surface area (TPSA) is 88.2 Å². The Morgan fingerprint density at radius 2 is 1.59 bits per heavy atom. The Bertz CT molecular complexity index is 1080. The van der Waals surface area contributed by atoms with Crippen LogP contribution in [0.1, 0.15) is 37.9 Å². The van der Waals surface area contributed by atoms with Gasteiger partial charge >= 0.3 is 6.03 Å². The van der Waals surface area contributed by atoms with Crippen LogP contribution in [-0.2, 0) is 16.4 Å². The fourth-order valence-corrected chi connectivity index (χ4v) is 5.52. The molecule has 0 aromatic heterocycles. The van der Waals surface area contributed by atoms with Crippen LogP contribution in [0.2, 0.25) is 0 Å². The quantitative estimate of drug-likeness (QED) is 0.611. The van der Waals surface area contributed by atoms with Gasteiger partial charge in [-0.3, -0.25) is 0 Å². The van der Waals surface area contributed by atoms with Gasteiger partial charge in [0.25, 0.3) is 0 Å². The highest BCUT2D eigenvalue weighted by atomic mass is 32.2. The second-order valence-corrected chi connectivity index (χ2v) is 10.6. The highest BCUT2D eigenvalue weighted by Crippen LogP contribution is 2.31. The molecule has 1 fully saturated rings. The van der Waals surface area contributed by atoms with E-state index in [1.165, 1.54) is 36.2 Å². The Morgan fingerprint density at radius 1 is 0.971 bits per heavy atom. The lowest BCUT2D eigenvalue weighted by Crippen LogP contribution is -2.53. The number of carbonyl (C=O) groups is 1. The number of methoxy groups -OCH3 is 2. The summed E-state index contributed by atoms with van der Waals surface area (Å²) in [5.74, 6) is 1.03. The second kappa shape index (κ2) is 11.1. The fourth-order valence-electron chi connectivity index (χ4n) is 4.08. The van der Waals surface area contributed by atoms with Crippen molar-refractivity contribution in [2.24, 2.45) is 5.92 Å². The summed E-state index contributed by atoms with van der Waals surface area (Å²) >= 11 is 0.